The van der Waals surface area contributed by atoms with Gasteiger partial charge in [-0.2, -0.15) is 0 Å². The first-order chi connectivity index (χ1) is 10.7. The average molecular weight is 332 g/mol. The van der Waals surface area contributed by atoms with Crippen molar-refractivity contribution in [3.8, 4) is 0 Å². The smallest absolute Gasteiger partial charge is 0.0721 e. The molecule has 0 aliphatic carbocycles. The molecule has 0 amide bonds. The van der Waals surface area contributed by atoms with Crippen LogP contribution in [0.15, 0.2) is 12.1 Å². The van der Waals surface area contributed by atoms with Crippen LogP contribution < -0.4 is 10.2 Å². The lowest BCUT2D eigenvalue weighted by atomic mass is 9.70. The summed E-state index contributed by atoms with van der Waals surface area (Å²) >= 11 is 0. The van der Waals surface area contributed by atoms with Crippen LogP contribution in [0.3, 0.4) is 0 Å². The Hall–Kier alpha value is -1.84. The van der Waals surface area contributed by atoms with E-state index in [4.69, 9.17) is 0 Å². The van der Waals surface area contributed by atoms with Crippen molar-refractivity contribution < 1.29 is 19.8 Å². The molecule has 0 aliphatic heterocycles. The summed E-state index contributed by atoms with van der Waals surface area (Å²) < 4.78 is 0. The summed E-state index contributed by atoms with van der Waals surface area (Å²) in [4.78, 5) is 23.5. The highest BCUT2D eigenvalue weighted by Gasteiger charge is 2.31. The standard InChI is InChI=1S/C20H30O4/c1-11(19(3,4)5)13-9-10-14(17(21)22)15(16(13)18(23)24)12(2)20(6,7)8/h9-12H,1-8H3,(H,21,22)(H,23,24)/p-2. The van der Waals surface area contributed by atoms with Gasteiger partial charge < -0.3 is 19.8 Å². The maximum Gasteiger partial charge on any atom is 0.0721 e. The molecule has 0 N–H and O–H groups in total. The van der Waals surface area contributed by atoms with Gasteiger partial charge in [0.2, 0.25) is 0 Å². The summed E-state index contributed by atoms with van der Waals surface area (Å²) in [5, 5.41) is 23.5. The summed E-state index contributed by atoms with van der Waals surface area (Å²) in [6.07, 6.45) is 0. The molecule has 1 aromatic carbocycles. The van der Waals surface area contributed by atoms with Crippen LogP contribution in [0.5, 0.6) is 0 Å². The fourth-order valence-electron chi connectivity index (χ4n) is 2.75. The zero-order chi connectivity index (χ0) is 19.0. The van der Waals surface area contributed by atoms with Gasteiger partial charge in [0.15, 0.2) is 0 Å². The van der Waals surface area contributed by atoms with E-state index in [1.807, 2.05) is 55.4 Å². The Morgan fingerprint density at radius 2 is 1.29 bits per heavy atom. The fraction of sp³-hybridized carbons (Fsp3) is 0.600. The molecule has 4 nitrogen and oxygen atoms in total. The van der Waals surface area contributed by atoms with E-state index in [2.05, 4.69) is 0 Å². The minimum Gasteiger partial charge on any atom is -0.545 e. The molecule has 0 saturated carbocycles. The van der Waals surface area contributed by atoms with E-state index in [1.165, 1.54) is 6.07 Å². The lowest BCUT2D eigenvalue weighted by Gasteiger charge is -2.36. The van der Waals surface area contributed by atoms with E-state index in [0.29, 0.717) is 11.1 Å². The Balaban J connectivity index is 3.87. The highest BCUT2D eigenvalue weighted by molar-refractivity contribution is 5.97. The van der Waals surface area contributed by atoms with E-state index in [1.54, 1.807) is 6.07 Å². The minimum atomic E-state index is -1.36. The van der Waals surface area contributed by atoms with Gasteiger partial charge in [0, 0.05) is 11.1 Å². The number of carbonyl (C=O) groups is 2. The minimum absolute atomic E-state index is 0.00144. The third kappa shape index (κ3) is 3.97. The predicted octanol–water partition coefficient (Wildman–Crippen LogP) is 2.71. The summed E-state index contributed by atoms with van der Waals surface area (Å²) in [5.74, 6) is -3.06. The maximum absolute atomic E-state index is 12.0. The van der Waals surface area contributed by atoms with Crippen molar-refractivity contribution in [1.29, 1.82) is 0 Å². The lowest BCUT2D eigenvalue weighted by Crippen LogP contribution is -2.33. The largest absolute Gasteiger partial charge is 0.545 e. The third-order valence-corrected chi connectivity index (χ3v) is 5.20. The number of carbonyl (C=O) groups excluding carboxylic acids is 2. The molecule has 2 atom stereocenters. The molecule has 0 spiro atoms. The first-order valence-electron chi connectivity index (χ1n) is 8.29. The highest BCUT2D eigenvalue weighted by Crippen LogP contribution is 2.43. The zero-order valence-corrected chi connectivity index (χ0v) is 15.9. The van der Waals surface area contributed by atoms with Crippen molar-refractivity contribution in [3.63, 3.8) is 0 Å². The molecule has 0 aliphatic rings. The topological polar surface area (TPSA) is 80.3 Å². The van der Waals surface area contributed by atoms with Crippen LogP contribution in [0, 0.1) is 10.8 Å². The summed E-state index contributed by atoms with van der Waals surface area (Å²) in [7, 11) is 0. The third-order valence-electron chi connectivity index (χ3n) is 5.20. The van der Waals surface area contributed by atoms with Crippen LogP contribution in [-0.4, -0.2) is 11.9 Å². The van der Waals surface area contributed by atoms with Gasteiger partial charge in [-0.15, -0.1) is 0 Å². The van der Waals surface area contributed by atoms with Gasteiger partial charge >= 0.3 is 0 Å². The van der Waals surface area contributed by atoms with Crippen LogP contribution in [-0.2, 0) is 0 Å². The monoisotopic (exact) mass is 332 g/mol. The fourth-order valence-corrected chi connectivity index (χ4v) is 2.75. The Kier molecular flexibility index (Phi) is 5.54. The predicted molar refractivity (Wildman–Crippen MR) is 90.8 cm³/mol. The van der Waals surface area contributed by atoms with Crippen LogP contribution in [0.2, 0.25) is 0 Å². The first-order valence-corrected chi connectivity index (χ1v) is 8.29. The SMILES string of the molecule is CC(c1ccc(C(=O)[O-])c(C(C)C(C)(C)C)c1C(=O)[O-])C(C)(C)C. The van der Waals surface area contributed by atoms with E-state index >= 15 is 0 Å². The van der Waals surface area contributed by atoms with Crippen LogP contribution in [0.4, 0.5) is 0 Å². The quantitative estimate of drug-likeness (QED) is 0.849. The van der Waals surface area contributed by atoms with Crippen molar-refractivity contribution in [3.05, 3.63) is 34.4 Å². The Morgan fingerprint density at radius 1 is 0.833 bits per heavy atom. The molecule has 0 saturated heterocycles. The molecule has 1 aromatic rings. The van der Waals surface area contributed by atoms with Gasteiger partial charge in [-0.1, -0.05) is 67.5 Å². The molecule has 0 bridgehead atoms. The van der Waals surface area contributed by atoms with E-state index < -0.39 is 11.9 Å². The van der Waals surface area contributed by atoms with Crippen LogP contribution >= 0.6 is 0 Å². The number of hydrogen-bond acceptors (Lipinski definition) is 4. The molecule has 2 unspecified atom stereocenters. The molecule has 0 heterocycles. The second-order valence-corrected chi connectivity index (χ2v) is 8.74. The Labute approximate surface area is 144 Å². The Bertz CT molecular complexity index is 645. The van der Waals surface area contributed by atoms with Gasteiger partial charge in [0.25, 0.3) is 0 Å². The van der Waals surface area contributed by atoms with Crippen LogP contribution in [0.1, 0.15) is 99.1 Å². The van der Waals surface area contributed by atoms with Gasteiger partial charge in [-0.05, 0) is 33.8 Å². The normalized spacial score (nSPS) is 15.0. The van der Waals surface area contributed by atoms with Crippen LogP contribution in [0.25, 0.3) is 0 Å². The van der Waals surface area contributed by atoms with E-state index in [-0.39, 0.29) is 33.8 Å². The highest BCUT2D eigenvalue weighted by atomic mass is 16.4. The number of carboxylic acid groups (broad SMARTS) is 2. The van der Waals surface area contributed by atoms with Gasteiger partial charge in [-0.3, -0.25) is 0 Å². The van der Waals surface area contributed by atoms with Crippen molar-refractivity contribution >= 4 is 11.9 Å². The molecule has 24 heavy (non-hydrogen) atoms. The van der Waals surface area contributed by atoms with E-state index in [9.17, 15) is 19.8 Å². The van der Waals surface area contributed by atoms with Crippen molar-refractivity contribution in [2.45, 2.75) is 67.2 Å². The second kappa shape index (κ2) is 6.58. The summed E-state index contributed by atoms with van der Waals surface area (Å²) in [6, 6.07) is 3.06. The molecule has 0 aromatic heterocycles. The first kappa shape index (κ1) is 20.2. The molecule has 4 heteroatoms. The van der Waals surface area contributed by atoms with Gasteiger partial charge in [0.1, 0.15) is 0 Å². The summed E-state index contributed by atoms with van der Waals surface area (Å²) in [6.45, 7) is 15.7. The number of hydrogen-bond donors (Lipinski definition) is 0. The maximum atomic E-state index is 12.0. The van der Waals surface area contributed by atoms with Gasteiger partial charge in [-0.25, -0.2) is 0 Å². The van der Waals surface area contributed by atoms with E-state index in [0.717, 1.165) is 0 Å². The average Bonchev–Trinajstić information content (AvgIpc) is 2.41. The second-order valence-electron chi connectivity index (χ2n) is 8.74. The molecular weight excluding hydrogens is 304 g/mol. The zero-order valence-electron chi connectivity index (χ0n) is 15.9. The Morgan fingerprint density at radius 3 is 1.62 bits per heavy atom. The van der Waals surface area contributed by atoms with Crippen molar-refractivity contribution in [1.82, 2.24) is 0 Å². The lowest BCUT2D eigenvalue weighted by molar-refractivity contribution is -0.255. The summed E-state index contributed by atoms with van der Waals surface area (Å²) in [5.41, 5.74) is 0.366. The number of aromatic carboxylic acids is 2. The molecule has 134 valence electrons. The number of carboxylic acids is 2. The molecular formula is C20H28O4-2. The number of benzene rings is 1. The molecule has 0 radical (unpaired) electrons. The molecule has 0 fully saturated rings. The van der Waals surface area contributed by atoms with Crippen molar-refractivity contribution in [2.24, 2.45) is 10.8 Å². The number of rotatable bonds is 4. The molecule has 1 rings (SSSR count). The van der Waals surface area contributed by atoms with Crippen molar-refractivity contribution in [2.75, 3.05) is 0 Å². The van der Waals surface area contributed by atoms with Gasteiger partial charge in [0.05, 0.1) is 11.9 Å².